The van der Waals surface area contributed by atoms with E-state index in [1.807, 2.05) is 19.1 Å². The molecule has 2 heteroatoms. The van der Waals surface area contributed by atoms with E-state index in [1.165, 1.54) is 5.56 Å². The average molecular weight is 204 g/mol. The first kappa shape index (κ1) is 10.2. The van der Waals surface area contributed by atoms with Crippen LogP contribution in [0.15, 0.2) is 18.2 Å². The first-order valence-electron chi connectivity index (χ1n) is 5.42. The molecule has 0 N–H and O–H groups in total. The number of esters is 1. The van der Waals surface area contributed by atoms with Crippen molar-refractivity contribution in [2.24, 2.45) is 5.92 Å². The highest BCUT2D eigenvalue weighted by molar-refractivity contribution is 5.85. The summed E-state index contributed by atoms with van der Waals surface area (Å²) in [7, 11) is 0. The normalized spacial score (nSPS) is 19.2. The maximum absolute atomic E-state index is 11.3. The number of carbonyl (C=O) groups is 1. The molecule has 1 aromatic carbocycles. The Balaban J connectivity index is 2.31. The minimum atomic E-state index is -0.133. The van der Waals surface area contributed by atoms with Gasteiger partial charge in [0, 0.05) is 5.56 Å². The molecule has 1 aromatic rings. The highest BCUT2D eigenvalue weighted by Gasteiger charge is 2.29. The molecule has 0 saturated heterocycles. The molecule has 0 radical (unpaired) electrons. The van der Waals surface area contributed by atoms with Crippen molar-refractivity contribution in [1.82, 2.24) is 0 Å². The van der Waals surface area contributed by atoms with Crippen molar-refractivity contribution in [1.29, 1.82) is 0 Å². The molecule has 0 saturated carbocycles. The van der Waals surface area contributed by atoms with Crippen LogP contribution in [0.2, 0.25) is 0 Å². The van der Waals surface area contributed by atoms with Crippen LogP contribution >= 0.6 is 0 Å². The summed E-state index contributed by atoms with van der Waals surface area (Å²) in [4.78, 5) is 11.3. The second-order valence-electron chi connectivity index (χ2n) is 4.61. The number of ether oxygens (including phenoxy) is 1. The van der Waals surface area contributed by atoms with E-state index in [0.29, 0.717) is 5.92 Å². The standard InChI is InChI=1S/C13H16O2/c1-8(2)6-10-4-5-12-11(7-10)9(3)13(14)15-12/h4-5,7-9H,6H2,1-3H3. The lowest BCUT2D eigenvalue weighted by molar-refractivity contribution is -0.133. The summed E-state index contributed by atoms with van der Waals surface area (Å²) >= 11 is 0. The molecule has 1 unspecified atom stereocenters. The van der Waals surface area contributed by atoms with Crippen molar-refractivity contribution >= 4 is 5.97 Å². The van der Waals surface area contributed by atoms with Gasteiger partial charge in [0.15, 0.2) is 0 Å². The smallest absolute Gasteiger partial charge is 0.318 e. The van der Waals surface area contributed by atoms with E-state index in [1.54, 1.807) is 0 Å². The molecule has 80 valence electrons. The SMILES string of the molecule is CC(C)Cc1ccc2c(c1)C(C)C(=O)O2. The fourth-order valence-corrected chi connectivity index (χ4v) is 1.95. The van der Waals surface area contributed by atoms with E-state index in [2.05, 4.69) is 19.9 Å². The van der Waals surface area contributed by atoms with Crippen molar-refractivity contribution < 1.29 is 9.53 Å². The van der Waals surface area contributed by atoms with Crippen LogP contribution in [-0.4, -0.2) is 5.97 Å². The molecule has 1 heterocycles. The van der Waals surface area contributed by atoms with Gasteiger partial charge in [0.1, 0.15) is 5.75 Å². The van der Waals surface area contributed by atoms with Crippen LogP contribution in [0.25, 0.3) is 0 Å². The monoisotopic (exact) mass is 204 g/mol. The Morgan fingerprint density at radius 3 is 2.80 bits per heavy atom. The van der Waals surface area contributed by atoms with Crippen LogP contribution in [0.1, 0.15) is 37.8 Å². The van der Waals surface area contributed by atoms with E-state index in [0.717, 1.165) is 17.7 Å². The maximum atomic E-state index is 11.3. The van der Waals surface area contributed by atoms with Crippen LogP contribution in [0.5, 0.6) is 5.75 Å². The van der Waals surface area contributed by atoms with Gasteiger partial charge in [0.25, 0.3) is 0 Å². The highest BCUT2D eigenvalue weighted by Crippen LogP contribution is 2.35. The third-order valence-corrected chi connectivity index (χ3v) is 2.75. The van der Waals surface area contributed by atoms with Crippen LogP contribution < -0.4 is 4.74 Å². The Morgan fingerprint density at radius 2 is 2.13 bits per heavy atom. The predicted octanol–water partition coefficient (Wildman–Crippen LogP) is 2.91. The second kappa shape index (κ2) is 3.69. The number of benzene rings is 1. The first-order valence-corrected chi connectivity index (χ1v) is 5.42. The Kier molecular flexibility index (Phi) is 2.51. The zero-order valence-corrected chi connectivity index (χ0v) is 9.41. The average Bonchev–Trinajstić information content (AvgIpc) is 2.43. The van der Waals surface area contributed by atoms with Gasteiger partial charge in [-0.15, -0.1) is 0 Å². The van der Waals surface area contributed by atoms with Crippen molar-refractivity contribution in [3.05, 3.63) is 29.3 Å². The zero-order chi connectivity index (χ0) is 11.0. The molecule has 2 nitrogen and oxygen atoms in total. The maximum Gasteiger partial charge on any atom is 0.318 e. The van der Waals surface area contributed by atoms with Crippen molar-refractivity contribution in [3.8, 4) is 5.75 Å². The summed E-state index contributed by atoms with van der Waals surface area (Å²) in [6.07, 6.45) is 1.05. The number of hydrogen-bond acceptors (Lipinski definition) is 2. The fraction of sp³-hybridized carbons (Fsp3) is 0.462. The largest absolute Gasteiger partial charge is 0.426 e. The Hall–Kier alpha value is -1.31. The summed E-state index contributed by atoms with van der Waals surface area (Å²) in [5.74, 6) is 1.13. The van der Waals surface area contributed by atoms with Crippen LogP contribution in [0.4, 0.5) is 0 Å². The molecule has 1 aliphatic heterocycles. The minimum absolute atomic E-state index is 0.105. The van der Waals surface area contributed by atoms with Gasteiger partial charge in [-0.1, -0.05) is 26.0 Å². The van der Waals surface area contributed by atoms with Crippen LogP contribution in [0, 0.1) is 5.92 Å². The summed E-state index contributed by atoms with van der Waals surface area (Å²) in [6, 6.07) is 6.06. The van der Waals surface area contributed by atoms with E-state index < -0.39 is 0 Å². The molecule has 1 aliphatic rings. The van der Waals surface area contributed by atoms with Gasteiger partial charge in [-0.3, -0.25) is 4.79 Å². The van der Waals surface area contributed by atoms with Crippen molar-refractivity contribution in [2.45, 2.75) is 33.1 Å². The lowest BCUT2D eigenvalue weighted by atomic mass is 9.96. The number of carbonyl (C=O) groups excluding carboxylic acids is 1. The van der Waals surface area contributed by atoms with Crippen LogP contribution in [0.3, 0.4) is 0 Å². The zero-order valence-electron chi connectivity index (χ0n) is 9.41. The van der Waals surface area contributed by atoms with Crippen molar-refractivity contribution in [2.75, 3.05) is 0 Å². The predicted molar refractivity (Wildman–Crippen MR) is 59.0 cm³/mol. The number of fused-ring (bicyclic) bond motifs is 1. The van der Waals surface area contributed by atoms with Gasteiger partial charge < -0.3 is 4.74 Å². The summed E-state index contributed by atoms with van der Waals surface area (Å²) in [6.45, 7) is 6.28. The molecule has 2 rings (SSSR count). The lowest BCUT2D eigenvalue weighted by Crippen LogP contribution is -2.05. The highest BCUT2D eigenvalue weighted by atomic mass is 16.5. The van der Waals surface area contributed by atoms with Gasteiger partial charge >= 0.3 is 5.97 Å². The van der Waals surface area contributed by atoms with Gasteiger partial charge in [0.2, 0.25) is 0 Å². The summed E-state index contributed by atoms with van der Waals surface area (Å²) in [5.41, 5.74) is 2.33. The molecular formula is C13H16O2. The van der Waals surface area contributed by atoms with E-state index in [4.69, 9.17) is 4.74 Å². The molecule has 0 bridgehead atoms. The Bertz CT molecular complexity index is 394. The molecule has 0 fully saturated rings. The van der Waals surface area contributed by atoms with E-state index in [9.17, 15) is 4.79 Å². The molecule has 0 spiro atoms. The quantitative estimate of drug-likeness (QED) is 0.547. The van der Waals surface area contributed by atoms with E-state index in [-0.39, 0.29) is 11.9 Å². The molecule has 1 atom stereocenters. The van der Waals surface area contributed by atoms with Gasteiger partial charge in [-0.25, -0.2) is 0 Å². The Morgan fingerprint density at radius 1 is 1.40 bits per heavy atom. The van der Waals surface area contributed by atoms with Gasteiger partial charge in [-0.2, -0.15) is 0 Å². The van der Waals surface area contributed by atoms with Gasteiger partial charge in [0.05, 0.1) is 5.92 Å². The minimum Gasteiger partial charge on any atom is -0.426 e. The van der Waals surface area contributed by atoms with Crippen LogP contribution in [-0.2, 0) is 11.2 Å². The first-order chi connectivity index (χ1) is 7.08. The molecule has 0 amide bonds. The fourth-order valence-electron chi connectivity index (χ4n) is 1.95. The Labute approximate surface area is 90.3 Å². The summed E-state index contributed by atoms with van der Waals surface area (Å²) in [5, 5.41) is 0. The lowest BCUT2D eigenvalue weighted by Gasteiger charge is -2.07. The molecule has 0 aliphatic carbocycles. The van der Waals surface area contributed by atoms with Gasteiger partial charge in [-0.05, 0) is 30.9 Å². The molecule has 0 aromatic heterocycles. The topological polar surface area (TPSA) is 26.3 Å². The number of rotatable bonds is 2. The molecular weight excluding hydrogens is 188 g/mol. The second-order valence-corrected chi connectivity index (χ2v) is 4.61. The third-order valence-electron chi connectivity index (χ3n) is 2.75. The molecule has 15 heavy (non-hydrogen) atoms. The van der Waals surface area contributed by atoms with E-state index >= 15 is 0 Å². The number of hydrogen-bond donors (Lipinski definition) is 0. The van der Waals surface area contributed by atoms with Crippen molar-refractivity contribution in [3.63, 3.8) is 0 Å². The third kappa shape index (κ3) is 1.89. The summed E-state index contributed by atoms with van der Waals surface area (Å²) < 4.78 is 5.14.